The van der Waals surface area contributed by atoms with Crippen molar-refractivity contribution < 1.29 is 19.0 Å². The van der Waals surface area contributed by atoms with E-state index in [1.54, 1.807) is 4.57 Å². The third-order valence-electron chi connectivity index (χ3n) is 5.53. The fourth-order valence-corrected chi connectivity index (χ4v) is 3.53. The van der Waals surface area contributed by atoms with E-state index in [4.69, 9.17) is 4.74 Å². The van der Waals surface area contributed by atoms with E-state index < -0.39 is 23.2 Å². The Balaban J connectivity index is 1.36. The van der Waals surface area contributed by atoms with Crippen LogP contribution in [0.2, 0.25) is 0 Å². The second kappa shape index (κ2) is 7.81. The Bertz CT molecular complexity index is 1450. The highest BCUT2D eigenvalue weighted by Crippen LogP contribution is 2.36. The third-order valence-corrected chi connectivity index (χ3v) is 5.53. The number of nitrogens with one attached hydrogen (secondary N) is 1. The van der Waals surface area contributed by atoms with Crippen LogP contribution in [0.4, 0.5) is 9.18 Å². The highest BCUT2D eigenvalue weighted by atomic mass is 19.1. The molecule has 11 heteroatoms. The van der Waals surface area contributed by atoms with Crippen LogP contribution < -0.4 is 16.0 Å². The molecule has 0 radical (unpaired) electrons. The van der Waals surface area contributed by atoms with E-state index in [1.165, 1.54) is 11.6 Å². The monoisotopic (exact) mass is 453 g/mol. The van der Waals surface area contributed by atoms with Gasteiger partial charge in [0.1, 0.15) is 5.82 Å². The quantitative estimate of drug-likeness (QED) is 0.582. The van der Waals surface area contributed by atoms with Crippen molar-refractivity contribution >= 4 is 17.3 Å². The van der Waals surface area contributed by atoms with Crippen LogP contribution in [-0.2, 0) is 0 Å². The topological polar surface area (TPSA) is 122 Å². The number of fused-ring (bicyclic) bond motifs is 1. The number of aromatic amines is 1. The molecular weight excluding hydrogens is 433 g/mol. The highest BCUT2D eigenvalue weighted by molar-refractivity contribution is 5.72. The molecule has 2 aromatic heterocycles. The van der Waals surface area contributed by atoms with Gasteiger partial charge < -0.3 is 14.8 Å². The Morgan fingerprint density at radius 3 is 2.64 bits per heavy atom. The fourth-order valence-electron chi connectivity index (χ4n) is 3.53. The summed E-state index contributed by atoms with van der Waals surface area (Å²) in [6, 6.07) is 3.02. The first-order valence-electron chi connectivity index (χ1n) is 10.5. The summed E-state index contributed by atoms with van der Waals surface area (Å²) in [7, 11) is 1.44. The number of nitrogens with zero attached hydrogens (tertiary/aromatic N) is 4. The van der Waals surface area contributed by atoms with Crippen molar-refractivity contribution in [3.05, 3.63) is 50.7 Å². The SMILES string of the molecule is CN(CC#Cc1nc2c([nH]1)c(=O)n(C1CC1)c(=O)n2C1CC1)C(=O)Oc1ccc(F)cc1O. The Hall–Kier alpha value is -4.07. The number of aromatic hydroxyl groups is 1. The number of carbonyl (C=O) groups excluding carboxylic acids is 1. The molecule has 33 heavy (non-hydrogen) atoms. The van der Waals surface area contributed by atoms with Gasteiger partial charge in [-0.25, -0.2) is 19.0 Å². The van der Waals surface area contributed by atoms with Crippen LogP contribution in [0, 0.1) is 17.7 Å². The molecule has 170 valence electrons. The van der Waals surface area contributed by atoms with Crippen molar-refractivity contribution in [2.75, 3.05) is 13.6 Å². The summed E-state index contributed by atoms with van der Waals surface area (Å²) < 4.78 is 21.0. The fraction of sp³-hybridized carbons (Fsp3) is 0.364. The Labute approximate surface area is 186 Å². The molecule has 2 fully saturated rings. The number of carbonyl (C=O) groups is 1. The maximum atomic E-state index is 13.1. The molecule has 2 aliphatic carbocycles. The molecule has 0 unspecified atom stereocenters. The molecule has 1 aromatic carbocycles. The van der Waals surface area contributed by atoms with E-state index in [9.17, 15) is 23.9 Å². The van der Waals surface area contributed by atoms with Crippen LogP contribution in [-0.4, -0.2) is 48.8 Å². The average molecular weight is 453 g/mol. The first-order valence-corrected chi connectivity index (χ1v) is 10.5. The number of benzene rings is 1. The number of halogens is 1. The van der Waals surface area contributed by atoms with Gasteiger partial charge in [-0.2, -0.15) is 0 Å². The van der Waals surface area contributed by atoms with Crippen molar-refractivity contribution in [3.63, 3.8) is 0 Å². The molecule has 0 atom stereocenters. The molecule has 2 N–H and O–H groups in total. The Kier molecular flexibility index (Phi) is 4.92. The van der Waals surface area contributed by atoms with Gasteiger partial charge in [0, 0.05) is 25.2 Å². The van der Waals surface area contributed by atoms with Crippen molar-refractivity contribution in [2.45, 2.75) is 37.8 Å². The summed E-state index contributed by atoms with van der Waals surface area (Å²) in [4.78, 5) is 46.3. The lowest BCUT2D eigenvalue weighted by molar-refractivity contribution is 0.166. The predicted molar refractivity (Wildman–Crippen MR) is 115 cm³/mol. The molecule has 2 saturated carbocycles. The average Bonchev–Trinajstić information content (AvgIpc) is 3.69. The van der Waals surface area contributed by atoms with E-state index in [-0.39, 0.29) is 41.4 Å². The molecule has 0 spiro atoms. The van der Waals surface area contributed by atoms with Crippen LogP contribution in [0.1, 0.15) is 43.6 Å². The van der Waals surface area contributed by atoms with E-state index in [1.807, 2.05) is 0 Å². The number of ether oxygens (including phenoxy) is 1. The minimum absolute atomic E-state index is 0.0403. The van der Waals surface area contributed by atoms with Gasteiger partial charge in [0.05, 0.1) is 6.54 Å². The highest BCUT2D eigenvalue weighted by Gasteiger charge is 2.34. The first kappa shape index (κ1) is 20.8. The summed E-state index contributed by atoms with van der Waals surface area (Å²) >= 11 is 0. The molecule has 0 aliphatic heterocycles. The van der Waals surface area contributed by atoms with Gasteiger partial charge in [-0.1, -0.05) is 5.92 Å². The van der Waals surface area contributed by atoms with Crippen LogP contribution in [0.15, 0.2) is 27.8 Å². The number of aromatic nitrogens is 4. The van der Waals surface area contributed by atoms with Gasteiger partial charge in [0.25, 0.3) is 5.56 Å². The molecule has 2 aliphatic rings. The molecule has 5 rings (SSSR count). The number of phenolic OH excluding ortho intramolecular Hbond substituents is 1. The molecule has 0 bridgehead atoms. The summed E-state index contributed by atoms with van der Waals surface area (Å²) in [5.74, 6) is 4.41. The maximum Gasteiger partial charge on any atom is 0.415 e. The zero-order valence-corrected chi connectivity index (χ0v) is 17.7. The molecule has 10 nitrogen and oxygen atoms in total. The molecule has 3 aromatic rings. The van der Waals surface area contributed by atoms with E-state index in [0.717, 1.165) is 48.8 Å². The predicted octanol–water partition coefficient (Wildman–Crippen LogP) is 1.88. The van der Waals surface area contributed by atoms with E-state index in [2.05, 4.69) is 21.8 Å². The smallest absolute Gasteiger partial charge is 0.415 e. The van der Waals surface area contributed by atoms with Crippen LogP contribution in [0.25, 0.3) is 11.2 Å². The molecule has 1 amide bonds. The minimum atomic E-state index is -0.800. The van der Waals surface area contributed by atoms with E-state index >= 15 is 0 Å². The number of phenols is 1. The summed E-state index contributed by atoms with van der Waals surface area (Å²) in [6.07, 6.45) is 2.55. The number of amides is 1. The maximum absolute atomic E-state index is 13.1. The zero-order valence-electron chi connectivity index (χ0n) is 17.7. The van der Waals surface area contributed by atoms with Crippen molar-refractivity contribution in [2.24, 2.45) is 0 Å². The number of hydrogen-bond acceptors (Lipinski definition) is 6. The number of H-pyrrole nitrogens is 1. The second-order valence-electron chi connectivity index (χ2n) is 8.21. The number of imidazole rings is 1. The summed E-state index contributed by atoms with van der Waals surface area (Å²) in [5.41, 5.74) is -0.171. The van der Waals surface area contributed by atoms with Gasteiger partial charge in [0.2, 0.25) is 0 Å². The number of rotatable bonds is 4. The van der Waals surface area contributed by atoms with Crippen LogP contribution in [0.3, 0.4) is 0 Å². The Morgan fingerprint density at radius 2 is 1.97 bits per heavy atom. The van der Waals surface area contributed by atoms with Crippen molar-refractivity contribution in [1.82, 2.24) is 24.0 Å². The van der Waals surface area contributed by atoms with Gasteiger partial charge in [-0.05, 0) is 43.7 Å². The molecular formula is C22H20FN5O5. The van der Waals surface area contributed by atoms with Gasteiger partial charge in [0.15, 0.2) is 28.5 Å². The van der Waals surface area contributed by atoms with Crippen LogP contribution >= 0.6 is 0 Å². The number of hydrogen-bond donors (Lipinski definition) is 2. The standard InChI is InChI=1S/C22H20FN5O5/c1-26(22(32)33-16-9-4-12(23)11-15(16)29)10-2-3-17-24-18-19(25-17)27(13-5-6-13)21(31)28(20(18)30)14-7-8-14/h4,9,11,13-14,29H,5-8,10H2,1H3,(H,24,25). The normalized spacial score (nSPS) is 15.2. The van der Waals surface area contributed by atoms with Gasteiger partial charge >= 0.3 is 11.8 Å². The Morgan fingerprint density at radius 1 is 1.27 bits per heavy atom. The minimum Gasteiger partial charge on any atom is -0.504 e. The molecule has 2 heterocycles. The lowest BCUT2D eigenvalue weighted by atomic mass is 10.3. The molecule has 0 saturated heterocycles. The van der Waals surface area contributed by atoms with E-state index in [0.29, 0.717) is 5.65 Å². The first-order chi connectivity index (χ1) is 15.8. The van der Waals surface area contributed by atoms with Gasteiger partial charge in [-0.3, -0.25) is 18.8 Å². The lowest BCUT2D eigenvalue weighted by Gasteiger charge is -2.14. The second-order valence-corrected chi connectivity index (χ2v) is 8.21. The van der Waals surface area contributed by atoms with Crippen LogP contribution in [0.5, 0.6) is 11.5 Å². The van der Waals surface area contributed by atoms with Crippen molar-refractivity contribution in [1.29, 1.82) is 0 Å². The van der Waals surface area contributed by atoms with Crippen molar-refractivity contribution in [3.8, 4) is 23.3 Å². The zero-order chi connectivity index (χ0) is 23.3. The summed E-state index contributed by atoms with van der Waals surface area (Å²) in [5, 5.41) is 9.65. The third kappa shape index (κ3) is 3.95. The van der Waals surface area contributed by atoms with Gasteiger partial charge in [-0.15, -0.1) is 0 Å². The summed E-state index contributed by atoms with van der Waals surface area (Å²) in [6.45, 7) is -0.0421. The largest absolute Gasteiger partial charge is 0.504 e. The lowest BCUT2D eigenvalue weighted by Crippen LogP contribution is -2.39.